The fraction of sp³-hybridized carbons (Fsp3) is 0.571. The molecule has 8 nitrogen and oxygen atoms in total. The van der Waals surface area contributed by atoms with Crippen molar-refractivity contribution in [3.63, 3.8) is 0 Å². The van der Waals surface area contributed by atoms with Crippen LogP contribution in [-0.2, 0) is 20.9 Å². The molecule has 0 saturated carbocycles. The molecule has 0 aliphatic carbocycles. The summed E-state index contributed by atoms with van der Waals surface area (Å²) in [4.78, 5) is 41.7. The smallest absolute Gasteiger partial charge is 0.330 e. The molecule has 1 N–H and O–H groups in total. The molecule has 0 radical (unpaired) electrons. The van der Waals surface area contributed by atoms with Crippen molar-refractivity contribution in [2.75, 3.05) is 51.2 Å². The molecule has 2 aliphatic rings. The van der Waals surface area contributed by atoms with Crippen LogP contribution in [0.25, 0.3) is 0 Å². The number of nitrogens with zero attached hydrogens (tertiary/aromatic N) is 3. The zero-order chi connectivity index (χ0) is 24.0. The van der Waals surface area contributed by atoms with Crippen LogP contribution in [0, 0.1) is 0 Å². The monoisotopic (exact) mass is 474 g/mol. The average Bonchev–Trinajstić information content (AvgIpc) is 3.33. The number of piperazine rings is 1. The second kappa shape index (κ2) is 10.8. The Morgan fingerprint density at radius 1 is 0.939 bits per heavy atom. The minimum absolute atomic E-state index is 0.234. The number of hydrogen-bond acceptors (Lipinski definition) is 4. The molecule has 182 valence electrons. The lowest BCUT2D eigenvalue weighted by Crippen LogP contribution is -2.54. The van der Waals surface area contributed by atoms with Crippen LogP contribution in [0.4, 0.5) is 28.0 Å². The van der Waals surface area contributed by atoms with Crippen molar-refractivity contribution in [1.82, 2.24) is 14.7 Å². The highest BCUT2D eigenvalue weighted by molar-refractivity contribution is 6.35. The van der Waals surface area contributed by atoms with E-state index in [9.17, 15) is 31.9 Å². The Labute approximate surface area is 188 Å². The van der Waals surface area contributed by atoms with E-state index in [0.29, 0.717) is 24.3 Å². The fourth-order valence-electron chi connectivity index (χ4n) is 3.61. The van der Waals surface area contributed by atoms with Crippen molar-refractivity contribution < 1.29 is 36.7 Å². The third kappa shape index (κ3) is 6.56. The first-order chi connectivity index (χ1) is 15.7. The number of ether oxygens (including phenoxy) is 1. The van der Waals surface area contributed by atoms with Crippen LogP contribution in [-0.4, -0.2) is 90.8 Å². The zero-order valence-corrected chi connectivity index (χ0v) is 17.9. The molecule has 0 bridgehead atoms. The van der Waals surface area contributed by atoms with Gasteiger partial charge >= 0.3 is 30.2 Å². The normalized spacial score (nSPS) is 16.9. The maximum Gasteiger partial charge on any atom is 0.330 e. The van der Waals surface area contributed by atoms with E-state index in [4.69, 9.17) is 4.74 Å². The van der Waals surface area contributed by atoms with Gasteiger partial charge in [-0.15, -0.1) is 0 Å². The zero-order valence-electron chi connectivity index (χ0n) is 17.9. The number of benzene rings is 1. The molecule has 4 amide bonds. The molecule has 12 heteroatoms. The minimum Gasteiger partial charge on any atom is -0.370 e. The van der Waals surface area contributed by atoms with Crippen molar-refractivity contribution in [2.45, 2.75) is 31.8 Å². The van der Waals surface area contributed by atoms with Crippen LogP contribution >= 0.6 is 0 Å². The van der Waals surface area contributed by atoms with Crippen molar-refractivity contribution in [3.05, 3.63) is 29.8 Å². The summed E-state index contributed by atoms with van der Waals surface area (Å²) in [5.41, 5.74) is 0.804. The molecule has 0 atom stereocenters. The second-order valence-electron chi connectivity index (χ2n) is 7.96. The SMILES string of the molecule is O=C(Nc1cccc(COCC(F)(F)C(F)F)c1)N1CCN(C(=O)C(=O)N2CCCC2)CC1. The Morgan fingerprint density at radius 2 is 1.52 bits per heavy atom. The first kappa shape index (κ1) is 24.7. The van der Waals surface area contributed by atoms with Crippen LogP contribution in [0.1, 0.15) is 18.4 Å². The maximum absolute atomic E-state index is 12.9. The molecule has 0 spiro atoms. The molecule has 2 aliphatic heterocycles. The molecule has 0 unspecified atom stereocenters. The first-order valence-electron chi connectivity index (χ1n) is 10.6. The van der Waals surface area contributed by atoms with Crippen LogP contribution in [0.15, 0.2) is 24.3 Å². The highest BCUT2D eigenvalue weighted by Gasteiger charge is 2.41. The quantitative estimate of drug-likeness (QED) is 0.507. The Kier molecular flexibility index (Phi) is 8.11. The third-order valence-electron chi connectivity index (χ3n) is 5.49. The lowest BCUT2D eigenvalue weighted by molar-refractivity contribution is -0.168. The van der Waals surface area contributed by atoms with Gasteiger partial charge in [-0.1, -0.05) is 12.1 Å². The predicted molar refractivity (Wildman–Crippen MR) is 110 cm³/mol. The van der Waals surface area contributed by atoms with Crippen molar-refractivity contribution in [1.29, 1.82) is 0 Å². The van der Waals surface area contributed by atoms with Crippen LogP contribution in [0.2, 0.25) is 0 Å². The van der Waals surface area contributed by atoms with E-state index in [0.717, 1.165) is 12.8 Å². The number of carbonyl (C=O) groups excluding carboxylic acids is 3. The molecule has 2 fully saturated rings. The Bertz CT molecular complexity index is 856. The van der Waals surface area contributed by atoms with Gasteiger partial charge in [0, 0.05) is 45.0 Å². The molecular weight excluding hydrogens is 448 g/mol. The van der Waals surface area contributed by atoms with E-state index in [1.807, 2.05) is 0 Å². The Hall–Kier alpha value is -2.89. The van der Waals surface area contributed by atoms with E-state index >= 15 is 0 Å². The predicted octanol–water partition coefficient (Wildman–Crippen LogP) is 2.40. The van der Waals surface area contributed by atoms with E-state index in [-0.39, 0.29) is 32.8 Å². The van der Waals surface area contributed by atoms with Crippen molar-refractivity contribution in [2.24, 2.45) is 0 Å². The third-order valence-corrected chi connectivity index (χ3v) is 5.49. The molecule has 1 aromatic carbocycles. The van der Waals surface area contributed by atoms with Gasteiger partial charge in [-0.3, -0.25) is 9.59 Å². The summed E-state index contributed by atoms with van der Waals surface area (Å²) in [7, 11) is 0. The van der Waals surface area contributed by atoms with Gasteiger partial charge in [0.15, 0.2) is 0 Å². The summed E-state index contributed by atoms with van der Waals surface area (Å²) in [6, 6.07) is 5.78. The van der Waals surface area contributed by atoms with Gasteiger partial charge in [-0.2, -0.15) is 8.78 Å². The molecule has 1 aromatic rings. The second-order valence-corrected chi connectivity index (χ2v) is 7.96. The minimum atomic E-state index is -4.23. The van der Waals surface area contributed by atoms with Crippen LogP contribution in [0.5, 0.6) is 0 Å². The topological polar surface area (TPSA) is 82.2 Å². The fourth-order valence-corrected chi connectivity index (χ4v) is 3.61. The summed E-state index contributed by atoms with van der Waals surface area (Å²) in [5, 5.41) is 2.67. The number of alkyl halides is 4. The standard InChI is InChI=1S/C21H26F4N4O4/c22-19(23)21(24,25)14-33-13-15-4-3-5-16(12-15)26-20(32)29-10-8-28(9-11-29)18(31)17(30)27-6-1-2-7-27/h3-5,12,19H,1-2,6-11,13-14H2,(H,26,32). The molecule has 2 saturated heterocycles. The highest BCUT2D eigenvalue weighted by Crippen LogP contribution is 2.23. The number of amides is 4. The van der Waals surface area contributed by atoms with Crippen LogP contribution < -0.4 is 5.32 Å². The Balaban J connectivity index is 1.45. The number of halogens is 4. The molecule has 3 rings (SSSR count). The highest BCUT2D eigenvalue weighted by atomic mass is 19.3. The maximum atomic E-state index is 12.9. The van der Waals surface area contributed by atoms with Gasteiger partial charge in [-0.05, 0) is 30.5 Å². The number of rotatable bonds is 6. The molecular formula is C21H26F4N4O4. The summed E-state index contributed by atoms with van der Waals surface area (Å²) in [6.45, 7) is 0.405. The summed E-state index contributed by atoms with van der Waals surface area (Å²) in [5.74, 6) is -5.29. The Morgan fingerprint density at radius 3 is 2.12 bits per heavy atom. The largest absolute Gasteiger partial charge is 0.370 e. The number of urea groups is 1. The van der Waals surface area contributed by atoms with Gasteiger partial charge in [0.25, 0.3) is 0 Å². The lowest BCUT2D eigenvalue weighted by atomic mass is 10.2. The number of likely N-dealkylation sites (tertiary alicyclic amines) is 1. The van der Waals surface area contributed by atoms with E-state index in [1.54, 1.807) is 23.1 Å². The molecule has 0 aromatic heterocycles. The number of carbonyl (C=O) groups is 3. The lowest BCUT2D eigenvalue weighted by Gasteiger charge is -2.34. The van der Waals surface area contributed by atoms with E-state index in [1.165, 1.54) is 15.9 Å². The molecule has 33 heavy (non-hydrogen) atoms. The van der Waals surface area contributed by atoms with Crippen molar-refractivity contribution in [3.8, 4) is 0 Å². The van der Waals surface area contributed by atoms with E-state index < -0.39 is 36.8 Å². The van der Waals surface area contributed by atoms with Crippen molar-refractivity contribution >= 4 is 23.5 Å². The number of nitrogens with one attached hydrogen (secondary N) is 1. The van der Waals surface area contributed by atoms with E-state index in [2.05, 4.69) is 5.32 Å². The first-order valence-corrected chi connectivity index (χ1v) is 10.6. The summed E-state index contributed by atoms with van der Waals surface area (Å²) < 4.78 is 54.9. The number of anilines is 1. The van der Waals surface area contributed by atoms with Gasteiger partial charge in [0.2, 0.25) is 0 Å². The van der Waals surface area contributed by atoms with Gasteiger partial charge in [0.1, 0.15) is 6.61 Å². The van der Waals surface area contributed by atoms with Gasteiger partial charge in [0.05, 0.1) is 6.61 Å². The molecule has 2 heterocycles. The van der Waals surface area contributed by atoms with Gasteiger partial charge < -0.3 is 24.8 Å². The average molecular weight is 474 g/mol. The summed E-state index contributed by atoms with van der Waals surface area (Å²) in [6.07, 6.45) is -2.03. The van der Waals surface area contributed by atoms with Gasteiger partial charge in [-0.25, -0.2) is 13.6 Å². The number of hydrogen-bond donors (Lipinski definition) is 1. The summed E-state index contributed by atoms with van der Waals surface area (Å²) >= 11 is 0. The van der Waals surface area contributed by atoms with Crippen LogP contribution in [0.3, 0.4) is 0 Å².